The Bertz CT molecular complexity index is 772. The Hall–Kier alpha value is -3.02. The molecular weight excluding hydrogens is 332 g/mol. The molecule has 0 aliphatic carbocycles. The van der Waals surface area contributed by atoms with Crippen LogP contribution >= 0.6 is 0 Å². The Labute approximate surface area is 153 Å². The maximum absolute atomic E-state index is 12.5. The van der Waals surface area contributed by atoms with Crippen LogP contribution in [0.1, 0.15) is 41.4 Å². The van der Waals surface area contributed by atoms with E-state index in [1.54, 1.807) is 26.4 Å². The molecule has 0 aliphatic heterocycles. The summed E-state index contributed by atoms with van der Waals surface area (Å²) in [6.07, 6.45) is 0. The zero-order chi connectivity index (χ0) is 19.1. The molecule has 2 aromatic carbocycles. The van der Waals surface area contributed by atoms with Crippen LogP contribution in [0.25, 0.3) is 0 Å². The van der Waals surface area contributed by atoms with Crippen LogP contribution in [0.2, 0.25) is 0 Å². The van der Waals surface area contributed by atoms with Gasteiger partial charge in [0.05, 0.1) is 20.3 Å². The van der Waals surface area contributed by atoms with Crippen molar-refractivity contribution in [3.05, 3.63) is 59.2 Å². The summed E-state index contributed by atoms with van der Waals surface area (Å²) in [7, 11) is 3.19. The lowest BCUT2D eigenvalue weighted by molar-refractivity contribution is -0.119. The molecule has 0 aliphatic rings. The third kappa shape index (κ3) is 4.99. The maximum Gasteiger partial charge on any atom is 0.251 e. The van der Waals surface area contributed by atoms with Gasteiger partial charge in [0, 0.05) is 24.6 Å². The Morgan fingerprint density at radius 1 is 1.04 bits per heavy atom. The third-order valence-corrected chi connectivity index (χ3v) is 4.01. The van der Waals surface area contributed by atoms with E-state index in [4.69, 9.17) is 9.47 Å². The first-order chi connectivity index (χ1) is 12.4. The van der Waals surface area contributed by atoms with Crippen LogP contribution in [0.3, 0.4) is 0 Å². The number of methoxy groups -OCH3 is 2. The largest absolute Gasteiger partial charge is 0.497 e. The lowest BCUT2D eigenvalue weighted by Gasteiger charge is -2.18. The summed E-state index contributed by atoms with van der Waals surface area (Å²) in [5, 5.41) is 5.69. The fourth-order valence-electron chi connectivity index (χ4n) is 2.54. The van der Waals surface area contributed by atoms with Crippen LogP contribution < -0.4 is 20.1 Å². The minimum Gasteiger partial charge on any atom is -0.497 e. The quantitative estimate of drug-likeness (QED) is 0.800. The van der Waals surface area contributed by atoms with Crippen molar-refractivity contribution >= 4 is 11.8 Å². The minimum atomic E-state index is -0.258. The fourth-order valence-corrected chi connectivity index (χ4v) is 2.54. The Kier molecular flexibility index (Phi) is 6.60. The maximum atomic E-state index is 12.5. The molecule has 0 spiro atoms. The van der Waals surface area contributed by atoms with E-state index in [1.165, 1.54) is 6.92 Å². The number of ether oxygens (including phenoxy) is 2. The molecule has 0 saturated carbocycles. The van der Waals surface area contributed by atoms with Crippen molar-refractivity contribution in [1.82, 2.24) is 10.6 Å². The van der Waals surface area contributed by atoms with Crippen molar-refractivity contribution in [2.24, 2.45) is 0 Å². The molecule has 0 heterocycles. The lowest BCUT2D eigenvalue weighted by atomic mass is 10.1. The molecule has 0 bridgehead atoms. The van der Waals surface area contributed by atoms with E-state index in [0.29, 0.717) is 23.6 Å². The van der Waals surface area contributed by atoms with Crippen LogP contribution in [0.15, 0.2) is 42.5 Å². The zero-order valence-corrected chi connectivity index (χ0v) is 15.5. The molecule has 0 saturated heterocycles. The third-order valence-electron chi connectivity index (χ3n) is 4.01. The summed E-state index contributed by atoms with van der Waals surface area (Å²) in [5.41, 5.74) is 2.31. The highest BCUT2D eigenvalue weighted by atomic mass is 16.5. The minimum absolute atomic E-state index is 0.0899. The molecule has 138 valence electrons. The molecule has 2 N–H and O–H groups in total. The first-order valence-corrected chi connectivity index (χ1v) is 8.30. The van der Waals surface area contributed by atoms with Gasteiger partial charge in [0.15, 0.2) is 0 Å². The average Bonchev–Trinajstić information content (AvgIpc) is 2.66. The number of nitrogens with one attached hydrogen (secondary N) is 2. The SMILES string of the molecule is COc1ccc(OC)c([C@H](C)NC(=O)c2ccc(CNC(C)=O)cc2)c1. The molecule has 0 unspecified atom stereocenters. The number of amides is 2. The predicted octanol–water partition coefficient (Wildman–Crippen LogP) is 2.83. The summed E-state index contributed by atoms with van der Waals surface area (Å²) < 4.78 is 10.6. The van der Waals surface area contributed by atoms with E-state index in [9.17, 15) is 9.59 Å². The number of rotatable bonds is 7. The van der Waals surface area contributed by atoms with Gasteiger partial charge in [-0.3, -0.25) is 9.59 Å². The molecule has 6 nitrogen and oxygen atoms in total. The first kappa shape index (κ1) is 19.3. The van der Waals surface area contributed by atoms with Gasteiger partial charge in [-0.1, -0.05) is 12.1 Å². The number of carbonyl (C=O) groups excluding carboxylic acids is 2. The Morgan fingerprint density at radius 2 is 1.73 bits per heavy atom. The summed E-state index contributed by atoms with van der Waals surface area (Å²) in [4.78, 5) is 23.5. The molecule has 1 atom stereocenters. The smallest absolute Gasteiger partial charge is 0.251 e. The number of hydrogen-bond donors (Lipinski definition) is 2. The van der Waals surface area contributed by atoms with Crippen molar-refractivity contribution < 1.29 is 19.1 Å². The molecule has 6 heteroatoms. The van der Waals surface area contributed by atoms with E-state index < -0.39 is 0 Å². The monoisotopic (exact) mass is 356 g/mol. The second-order valence-corrected chi connectivity index (χ2v) is 5.91. The number of benzene rings is 2. The van der Waals surface area contributed by atoms with E-state index >= 15 is 0 Å². The molecule has 2 aromatic rings. The second-order valence-electron chi connectivity index (χ2n) is 5.91. The lowest BCUT2D eigenvalue weighted by Crippen LogP contribution is -2.27. The van der Waals surface area contributed by atoms with Crippen LogP contribution in [0.5, 0.6) is 11.5 Å². The van der Waals surface area contributed by atoms with Crippen LogP contribution in [-0.4, -0.2) is 26.0 Å². The van der Waals surface area contributed by atoms with Gasteiger partial charge in [-0.15, -0.1) is 0 Å². The van der Waals surface area contributed by atoms with Crippen molar-refractivity contribution in [1.29, 1.82) is 0 Å². The normalized spacial score (nSPS) is 11.4. The van der Waals surface area contributed by atoms with Gasteiger partial charge in [-0.05, 0) is 42.8 Å². The zero-order valence-electron chi connectivity index (χ0n) is 15.5. The van der Waals surface area contributed by atoms with Crippen molar-refractivity contribution in [2.45, 2.75) is 26.4 Å². The highest BCUT2D eigenvalue weighted by molar-refractivity contribution is 5.94. The van der Waals surface area contributed by atoms with Gasteiger partial charge in [0.1, 0.15) is 11.5 Å². The Morgan fingerprint density at radius 3 is 2.31 bits per heavy atom. The second kappa shape index (κ2) is 8.89. The molecule has 0 fully saturated rings. The van der Waals surface area contributed by atoms with Crippen molar-refractivity contribution in [2.75, 3.05) is 14.2 Å². The molecule has 2 amide bonds. The van der Waals surface area contributed by atoms with E-state index in [0.717, 1.165) is 11.1 Å². The summed E-state index contributed by atoms with van der Waals surface area (Å²) in [6, 6.07) is 12.3. The predicted molar refractivity (Wildman–Crippen MR) is 99.4 cm³/mol. The number of hydrogen-bond acceptors (Lipinski definition) is 4. The highest BCUT2D eigenvalue weighted by Gasteiger charge is 2.16. The molecule has 0 radical (unpaired) electrons. The van der Waals surface area contributed by atoms with Crippen LogP contribution in [0.4, 0.5) is 0 Å². The van der Waals surface area contributed by atoms with Gasteiger partial charge in [0.2, 0.25) is 5.91 Å². The molecule has 0 aromatic heterocycles. The van der Waals surface area contributed by atoms with Gasteiger partial charge in [0.25, 0.3) is 5.91 Å². The van der Waals surface area contributed by atoms with Crippen molar-refractivity contribution in [3.63, 3.8) is 0 Å². The van der Waals surface area contributed by atoms with E-state index in [1.807, 2.05) is 37.3 Å². The molecular formula is C20H24N2O4. The molecule has 26 heavy (non-hydrogen) atoms. The topological polar surface area (TPSA) is 76.7 Å². The van der Waals surface area contributed by atoms with Crippen LogP contribution in [0, 0.1) is 0 Å². The fraction of sp³-hybridized carbons (Fsp3) is 0.300. The summed E-state index contributed by atoms with van der Waals surface area (Å²) >= 11 is 0. The van der Waals surface area contributed by atoms with Gasteiger partial charge >= 0.3 is 0 Å². The van der Waals surface area contributed by atoms with E-state index in [2.05, 4.69) is 10.6 Å². The van der Waals surface area contributed by atoms with Gasteiger partial charge in [-0.25, -0.2) is 0 Å². The summed E-state index contributed by atoms with van der Waals surface area (Å²) in [6.45, 7) is 3.80. The number of carbonyl (C=O) groups is 2. The summed E-state index contributed by atoms with van der Waals surface area (Å²) in [5.74, 6) is 1.11. The van der Waals surface area contributed by atoms with Gasteiger partial charge in [-0.2, -0.15) is 0 Å². The Balaban J connectivity index is 2.08. The molecule has 2 rings (SSSR count). The van der Waals surface area contributed by atoms with Crippen molar-refractivity contribution in [3.8, 4) is 11.5 Å². The standard InChI is InChI=1S/C20H24N2O4/c1-13(18-11-17(25-3)9-10-19(18)26-4)22-20(24)16-7-5-15(6-8-16)12-21-14(2)23/h5-11,13H,12H2,1-4H3,(H,21,23)(H,22,24)/t13-/m0/s1. The highest BCUT2D eigenvalue weighted by Crippen LogP contribution is 2.29. The van der Waals surface area contributed by atoms with Gasteiger partial charge < -0.3 is 20.1 Å². The average molecular weight is 356 g/mol. The van der Waals surface area contributed by atoms with E-state index in [-0.39, 0.29) is 17.9 Å². The van der Waals surface area contributed by atoms with Crippen LogP contribution in [-0.2, 0) is 11.3 Å². The first-order valence-electron chi connectivity index (χ1n) is 8.30.